The van der Waals surface area contributed by atoms with E-state index in [9.17, 15) is 15.0 Å². The monoisotopic (exact) mass is 319 g/mol. The summed E-state index contributed by atoms with van der Waals surface area (Å²) in [5.41, 5.74) is -0.725. The Balaban J connectivity index is 2.28. The Bertz CT molecular complexity index is 686. The summed E-state index contributed by atoms with van der Waals surface area (Å²) in [6.07, 6.45) is 0. The lowest BCUT2D eigenvalue weighted by Crippen LogP contribution is -2.35. The van der Waals surface area contributed by atoms with Crippen LogP contribution in [-0.2, 0) is 10.4 Å². The van der Waals surface area contributed by atoms with E-state index in [0.717, 1.165) is 0 Å². The molecule has 1 heterocycles. The molecule has 0 aliphatic carbocycles. The molecule has 0 bridgehead atoms. The van der Waals surface area contributed by atoms with Gasteiger partial charge < -0.3 is 15.5 Å². The number of carbonyl (C=O) groups excluding carboxylic acids is 1. The summed E-state index contributed by atoms with van der Waals surface area (Å²) in [6, 6.07) is 11.5. The predicted molar refractivity (Wildman–Crippen MR) is 73.9 cm³/mol. The Labute approximate surface area is 117 Å². The fourth-order valence-electron chi connectivity index (χ4n) is 2.31. The number of halogens is 1. The zero-order chi connectivity index (χ0) is 13.6. The first-order chi connectivity index (χ1) is 9.03. The van der Waals surface area contributed by atoms with E-state index in [1.165, 1.54) is 12.1 Å². The van der Waals surface area contributed by atoms with Crippen LogP contribution in [0.3, 0.4) is 0 Å². The van der Waals surface area contributed by atoms with Gasteiger partial charge in [0.2, 0.25) is 0 Å². The van der Waals surface area contributed by atoms with Crippen molar-refractivity contribution < 1.29 is 15.0 Å². The minimum atomic E-state index is -1.87. The third kappa shape index (κ3) is 1.66. The number of fused-ring (bicyclic) bond motifs is 1. The molecule has 1 amide bonds. The second kappa shape index (κ2) is 4.08. The van der Waals surface area contributed by atoms with Gasteiger partial charge >= 0.3 is 0 Å². The van der Waals surface area contributed by atoms with Gasteiger partial charge in [-0.3, -0.25) is 4.79 Å². The Hall–Kier alpha value is -1.85. The second-order valence-electron chi connectivity index (χ2n) is 4.37. The van der Waals surface area contributed by atoms with E-state index in [1.54, 1.807) is 30.3 Å². The molecule has 2 aromatic carbocycles. The van der Waals surface area contributed by atoms with Crippen molar-refractivity contribution in [1.82, 2.24) is 0 Å². The average molecular weight is 320 g/mol. The Morgan fingerprint density at radius 2 is 1.84 bits per heavy atom. The molecule has 4 nitrogen and oxygen atoms in total. The van der Waals surface area contributed by atoms with E-state index in [1.807, 2.05) is 0 Å². The highest BCUT2D eigenvalue weighted by atomic mass is 79.9. The number of hydrogen-bond acceptors (Lipinski definition) is 3. The molecule has 1 atom stereocenters. The summed E-state index contributed by atoms with van der Waals surface area (Å²) in [5.74, 6) is -0.695. The van der Waals surface area contributed by atoms with Crippen molar-refractivity contribution in [2.45, 2.75) is 5.60 Å². The normalized spacial score (nSPS) is 21.1. The number of nitrogens with one attached hydrogen (secondary N) is 1. The molecule has 19 heavy (non-hydrogen) atoms. The number of phenols is 1. The lowest BCUT2D eigenvalue weighted by molar-refractivity contribution is -0.129. The van der Waals surface area contributed by atoms with Crippen LogP contribution in [0.1, 0.15) is 11.1 Å². The van der Waals surface area contributed by atoms with Gasteiger partial charge in [-0.1, -0.05) is 34.1 Å². The van der Waals surface area contributed by atoms with Crippen LogP contribution in [-0.4, -0.2) is 16.1 Å². The maximum absolute atomic E-state index is 12.1. The molecule has 1 aliphatic heterocycles. The van der Waals surface area contributed by atoms with Gasteiger partial charge in [0.1, 0.15) is 5.75 Å². The minimum Gasteiger partial charge on any atom is -0.508 e. The van der Waals surface area contributed by atoms with E-state index in [-0.39, 0.29) is 11.3 Å². The van der Waals surface area contributed by atoms with E-state index in [2.05, 4.69) is 21.2 Å². The quantitative estimate of drug-likeness (QED) is 0.755. The molecular formula is C14H10BrNO3. The third-order valence-corrected chi connectivity index (χ3v) is 3.74. The summed E-state index contributed by atoms with van der Waals surface area (Å²) in [4.78, 5) is 12.1. The standard InChI is InChI=1S/C14H10BrNO3/c15-8-5-6-12(17)10(7-8)14(19)9-3-1-2-4-11(9)16-13(14)18/h1-7,17,19H,(H,16,18). The Morgan fingerprint density at radius 3 is 2.63 bits per heavy atom. The van der Waals surface area contributed by atoms with Crippen LogP contribution in [0.2, 0.25) is 0 Å². The highest BCUT2D eigenvalue weighted by molar-refractivity contribution is 9.10. The molecule has 2 aromatic rings. The summed E-state index contributed by atoms with van der Waals surface area (Å²) in [5, 5.41) is 23.4. The number of hydrogen-bond donors (Lipinski definition) is 3. The summed E-state index contributed by atoms with van der Waals surface area (Å²) < 4.78 is 0.672. The molecule has 3 N–H and O–H groups in total. The van der Waals surface area contributed by atoms with Gasteiger partial charge in [-0.15, -0.1) is 0 Å². The number of rotatable bonds is 1. The van der Waals surface area contributed by atoms with Gasteiger partial charge in [0.05, 0.1) is 0 Å². The van der Waals surface area contributed by atoms with Crippen molar-refractivity contribution in [3.8, 4) is 5.75 Å². The molecule has 0 aromatic heterocycles. The number of amides is 1. The molecule has 0 spiro atoms. The zero-order valence-electron chi connectivity index (χ0n) is 9.72. The van der Waals surface area contributed by atoms with Crippen LogP contribution in [0.25, 0.3) is 0 Å². The lowest BCUT2D eigenvalue weighted by Gasteiger charge is -2.22. The number of aromatic hydroxyl groups is 1. The molecule has 5 heteroatoms. The van der Waals surface area contributed by atoms with Crippen molar-refractivity contribution in [2.24, 2.45) is 0 Å². The summed E-state index contributed by atoms with van der Waals surface area (Å²) in [6.45, 7) is 0. The van der Waals surface area contributed by atoms with E-state index in [4.69, 9.17) is 0 Å². The molecule has 96 valence electrons. The minimum absolute atomic E-state index is 0.127. The topological polar surface area (TPSA) is 69.6 Å². The van der Waals surface area contributed by atoms with Crippen molar-refractivity contribution in [3.05, 3.63) is 58.1 Å². The van der Waals surface area contributed by atoms with Crippen molar-refractivity contribution in [2.75, 3.05) is 5.32 Å². The first-order valence-electron chi connectivity index (χ1n) is 5.66. The fourth-order valence-corrected chi connectivity index (χ4v) is 2.67. The van der Waals surface area contributed by atoms with Gasteiger partial charge in [-0.25, -0.2) is 0 Å². The number of aliphatic hydroxyl groups is 1. The third-order valence-electron chi connectivity index (χ3n) is 3.24. The Kier molecular flexibility index (Phi) is 2.62. The zero-order valence-corrected chi connectivity index (χ0v) is 11.3. The highest BCUT2D eigenvalue weighted by Crippen LogP contribution is 2.44. The number of carbonyl (C=O) groups is 1. The molecule has 3 rings (SSSR count). The molecule has 0 radical (unpaired) electrons. The molecule has 1 unspecified atom stereocenters. The average Bonchev–Trinajstić information content (AvgIpc) is 2.66. The van der Waals surface area contributed by atoms with E-state index >= 15 is 0 Å². The molecular weight excluding hydrogens is 310 g/mol. The van der Waals surface area contributed by atoms with Gasteiger partial charge in [0.25, 0.3) is 5.91 Å². The SMILES string of the molecule is O=C1Nc2ccccc2C1(O)c1cc(Br)ccc1O. The Morgan fingerprint density at radius 1 is 1.11 bits per heavy atom. The van der Waals surface area contributed by atoms with Crippen LogP contribution >= 0.6 is 15.9 Å². The van der Waals surface area contributed by atoms with E-state index in [0.29, 0.717) is 15.7 Å². The van der Waals surface area contributed by atoms with Crippen LogP contribution in [0.4, 0.5) is 5.69 Å². The van der Waals surface area contributed by atoms with Gasteiger partial charge in [0, 0.05) is 21.3 Å². The highest BCUT2D eigenvalue weighted by Gasteiger charge is 2.48. The first-order valence-corrected chi connectivity index (χ1v) is 6.45. The molecule has 1 aliphatic rings. The van der Waals surface area contributed by atoms with Gasteiger partial charge in [0.15, 0.2) is 5.60 Å². The maximum Gasteiger partial charge on any atom is 0.266 e. The smallest absolute Gasteiger partial charge is 0.266 e. The molecule has 0 fully saturated rings. The van der Waals surface area contributed by atoms with Crippen LogP contribution in [0.15, 0.2) is 46.9 Å². The van der Waals surface area contributed by atoms with Crippen LogP contribution < -0.4 is 5.32 Å². The predicted octanol–water partition coefficient (Wildman–Crippen LogP) is 2.34. The van der Waals surface area contributed by atoms with Crippen molar-refractivity contribution >= 4 is 27.5 Å². The maximum atomic E-state index is 12.1. The molecule has 0 saturated heterocycles. The largest absolute Gasteiger partial charge is 0.508 e. The number of anilines is 1. The molecule has 0 saturated carbocycles. The number of phenolic OH excluding ortho intramolecular Hbond substituents is 1. The van der Waals surface area contributed by atoms with Crippen molar-refractivity contribution in [1.29, 1.82) is 0 Å². The van der Waals surface area contributed by atoms with Gasteiger partial charge in [-0.05, 0) is 24.3 Å². The summed E-state index contributed by atoms with van der Waals surface area (Å²) >= 11 is 3.27. The fraction of sp³-hybridized carbons (Fsp3) is 0.0714. The van der Waals surface area contributed by atoms with Gasteiger partial charge in [-0.2, -0.15) is 0 Å². The van der Waals surface area contributed by atoms with Crippen LogP contribution in [0.5, 0.6) is 5.75 Å². The summed E-state index contributed by atoms with van der Waals surface area (Å²) in [7, 11) is 0. The first kappa shape index (κ1) is 12.2. The lowest BCUT2D eigenvalue weighted by atomic mass is 9.87. The number of para-hydroxylation sites is 1. The number of benzene rings is 2. The van der Waals surface area contributed by atoms with Crippen molar-refractivity contribution in [3.63, 3.8) is 0 Å². The van der Waals surface area contributed by atoms with Crippen LogP contribution in [0, 0.1) is 0 Å². The van der Waals surface area contributed by atoms with E-state index < -0.39 is 11.5 Å². The second-order valence-corrected chi connectivity index (χ2v) is 5.29.